The molecule has 0 bridgehead atoms. The van der Waals surface area contributed by atoms with E-state index in [0.717, 1.165) is 23.2 Å². The molecule has 1 aliphatic rings. The zero-order chi connectivity index (χ0) is 19.3. The fourth-order valence-corrected chi connectivity index (χ4v) is 3.34. The molecule has 26 heavy (non-hydrogen) atoms. The largest absolute Gasteiger partial charge is 0.391 e. The van der Waals surface area contributed by atoms with Gasteiger partial charge in [-0.3, -0.25) is 4.99 Å². The first-order valence-corrected chi connectivity index (χ1v) is 9.01. The van der Waals surface area contributed by atoms with E-state index >= 15 is 0 Å². The summed E-state index contributed by atoms with van der Waals surface area (Å²) in [5.41, 5.74) is 3.43. The Bertz CT molecular complexity index is 626. The maximum atomic E-state index is 13.0. The van der Waals surface area contributed by atoms with Crippen molar-refractivity contribution in [1.82, 2.24) is 10.6 Å². The molecule has 2 atom stereocenters. The van der Waals surface area contributed by atoms with E-state index in [9.17, 15) is 13.2 Å². The van der Waals surface area contributed by atoms with E-state index in [1.54, 1.807) is 7.05 Å². The smallest absolute Gasteiger partial charge is 0.378 e. The van der Waals surface area contributed by atoms with Crippen LogP contribution in [-0.2, 0) is 6.54 Å². The molecular weight excluding hydrogens is 341 g/mol. The van der Waals surface area contributed by atoms with Gasteiger partial charge in [-0.25, -0.2) is 0 Å². The van der Waals surface area contributed by atoms with Crippen LogP contribution in [0.15, 0.2) is 23.2 Å². The molecule has 1 aromatic carbocycles. The second-order valence-corrected chi connectivity index (χ2v) is 7.18. The van der Waals surface area contributed by atoms with Crippen molar-refractivity contribution >= 4 is 11.6 Å². The Morgan fingerprint density at radius 1 is 1.27 bits per heavy atom. The van der Waals surface area contributed by atoms with Crippen molar-refractivity contribution in [2.75, 3.05) is 26.0 Å². The van der Waals surface area contributed by atoms with E-state index in [0.29, 0.717) is 18.9 Å². The lowest BCUT2D eigenvalue weighted by molar-refractivity contribution is -0.183. The van der Waals surface area contributed by atoms with Gasteiger partial charge in [-0.2, -0.15) is 13.2 Å². The van der Waals surface area contributed by atoms with Crippen LogP contribution in [0.5, 0.6) is 0 Å². The topological polar surface area (TPSA) is 39.7 Å². The first kappa shape index (κ1) is 20.4. The van der Waals surface area contributed by atoms with E-state index in [1.165, 1.54) is 0 Å². The molecule has 2 N–H and O–H groups in total. The Labute approximate surface area is 153 Å². The lowest BCUT2D eigenvalue weighted by Crippen LogP contribution is -2.46. The average molecular weight is 370 g/mol. The first-order chi connectivity index (χ1) is 12.2. The summed E-state index contributed by atoms with van der Waals surface area (Å²) in [6, 6.07) is 6.03. The van der Waals surface area contributed by atoms with Crippen LogP contribution in [0.4, 0.5) is 18.9 Å². The molecule has 0 saturated heterocycles. The van der Waals surface area contributed by atoms with Gasteiger partial charge in [0, 0.05) is 39.4 Å². The van der Waals surface area contributed by atoms with Gasteiger partial charge >= 0.3 is 6.18 Å². The van der Waals surface area contributed by atoms with Crippen molar-refractivity contribution in [3.63, 3.8) is 0 Å². The van der Waals surface area contributed by atoms with Crippen molar-refractivity contribution in [3.05, 3.63) is 29.3 Å². The monoisotopic (exact) mass is 370 g/mol. The Morgan fingerprint density at radius 2 is 2.00 bits per heavy atom. The summed E-state index contributed by atoms with van der Waals surface area (Å²) >= 11 is 0. The van der Waals surface area contributed by atoms with Crippen molar-refractivity contribution in [3.8, 4) is 0 Å². The molecule has 2 unspecified atom stereocenters. The minimum absolute atomic E-state index is 0.112. The molecule has 1 aliphatic carbocycles. The van der Waals surface area contributed by atoms with Crippen molar-refractivity contribution in [2.45, 2.75) is 51.4 Å². The zero-order valence-electron chi connectivity index (χ0n) is 16.0. The number of nitrogens with one attached hydrogen (secondary N) is 2. The van der Waals surface area contributed by atoms with Crippen LogP contribution in [-0.4, -0.2) is 39.3 Å². The van der Waals surface area contributed by atoms with Crippen LogP contribution < -0.4 is 15.5 Å². The van der Waals surface area contributed by atoms with Crippen molar-refractivity contribution in [2.24, 2.45) is 10.9 Å². The van der Waals surface area contributed by atoms with Crippen LogP contribution in [0.25, 0.3) is 0 Å². The third kappa shape index (κ3) is 5.54. The van der Waals surface area contributed by atoms with Crippen LogP contribution in [0.3, 0.4) is 0 Å². The van der Waals surface area contributed by atoms with E-state index in [4.69, 9.17) is 0 Å². The molecule has 1 fully saturated rings. The molecule has 146 valence electrons. The molecule has 0 amide bonds. The number of hydrogen-bond donors (Lipinski definition) is 2. The highest BCUT2D eigenvalue weighted by atomic mass is 19.4. The number of halogens is 3. The third-order valence-electron chi connectivity index (χ3n) is 4.99. The number of aliphatic imine (C=N–C) groups is 1. The van der Waals surface area contributed by atoms with Crippen LogP contribution in [0.2, 0.25) is 0 Å². The number of benzene rings is 1. The molecule has 1 saturated carbocycles. The molecule has 0 heterocycles. The molecule has 1 aromatic rings. The van der Waals surface area contributed by atoms with Crippen molar-refractivity contribution in [1.29, 1.82) is 0 Å². The molecule has 7 heteroatoms. The second-order valence-electron chi connectivity index (χ2n) is 7.18. The molecular formula is C19H29F3N4. The van der Waals surface area contributed by atoms with Crippen LogP contribution in [0.1, 0.15) is 36.8 Å². The zero-order valence-corrected chi connectivity index (χ0v) is 16.0. The third-order valence-corrected chi connectivity index (χ3v) is 4.99. The number of anilines is 1. The van der Waals surface area contributed by atoms with Gasteiger partial charge in [-0.05, 0) is 49.4 Å². The first-order valence-electron chi connectivity index (χ1n) is 9.01. The lowest BCUT2D eigenvalue weighted by Gasteiger charge is -2.32. The average Bonchev–Trinajstić information content (AvgIpc) is 2.58. The van der Waals surface area contributed by atoms with E-state index in [-0.39, 0.29) is 18.9 Å². The number of hydrogen-bond acceptors (Lipinski definition) is 2. The Morgan fingerprint density at radius 3 is 2.58 bits per heavy atom. The fourth-order valence-electron chi connectivity index (χ4n) is 3.34. The normalized spacial score (nSPS) is 21.4. The molecule has 0 aliphatic heterocycles. The van der Waals surface area contributed by atoms with E-state index in [1.807, 2.05) is 19.0 Å². The maximum Gasteiger partial charge on any atom is 0.391 e. The van der Waals surface area contributed by atoms with Gasteiger partial charge < -0.3 is 15.5 Å². The molecule has 0 radical (unpaired) electrons. The van der Waals surface area contributed by atoms with Crippen LogP contribution >= 0.6 is 0 Å². The summed E-state index contributed by atoms with van der Waals surface area (Å²) in [6.07, 6.45) is -2.44. The van der Waals surface area contributed by atoms with Crippen molar-refractivity contribution < 1.29 is 13.2 Å². The van der Waals surface area contributed by atoms with Gasteiger partial charge in [0.1, 0.15) is 0 Å². The summed E-state index contributed by atoms with van der Waals surface area (Å²) in [7, 11) is 5.63. The summed E-state index contributed by atoms with van der Waals surface area (Å²) in [6.45, 7) is 2.63. The predicted molar refractivity (Wildman–Crippen MR) is 101 cm³/mol. The maximum absolute atomic E-state index is 13.0. The highest BCUT2D eigenvalue weighted by Crippen LogP contribution is 2.37. The number of guanidine groups is 1. The molecule has 2 rings (SSSR count). The quantitative estimate of drug-likeness (QED) is 0.625. The lowest BCUT2D eigenvalue weighted by atomic mass is 9.85. The Hall–Kier alpha value is -1.92. The summed E-state index contributed by atoms with van der Waals surface area (Å²) in [5, 5.41) is 6.38. The van der Waals surface area contributed by atoms with E-state index < -0.39 is 12.1 Å². The van der Waals surface area contributed by atoms with Crippen LogP contribution in [0, 0.1) is 12.8 Å². The van der Waals surface area contributed by atoms with E-state index in [2.05, 4.69) is 40.7 Å². The highest BCUT2D eigenvalue weighted by molar-refractivity contribution is 5.80. The minimum atomic E-state index is -4.11. The summed E-state index contributed by atoms with van der Waals surface area (Å²) < 4.78 is 38.9. The van der Waals surface area contributed by atoms with Gasteiger partial charge in [0.15, 0.2) is 5.96 Å². The molecule has 0 aromatic heterocycles. The minimum Gasteiger partial charge on any atom is -0.378 e. The fraction of sp³-hybridized carbons (Fsp3) is 0.632. The second kappa shape index (κ2) is 8.64. The SMILES string of the molecule is CN=C(NCc1ccc(N(C)C)cc1C)NC1CCCC(C(F)(F)F)C1. The highest BCUT2D eigenvalue weighted by Gasteiger charge is 2.42. The summed E-state index contributed by atoms with van der Waals surface area (Å²) in [4.78, 5) is 6.21. The molecule has 0 spiro atoms. The Balaban J connectivity index is 1.92. The predicted octanol–water partition coefficient (Wildman–Crippen LogP) is 3.85. The Kier molecular flexibility index (Phi) is 6.78. The van der Waals surface area contributed by atoms with Gasteiger partial charge in [0.25, 0.3) is 0 Å². The van der Waals surface area contributed by atoms with Gasteiger partial charge in [0.2, 0.25) is 0 Å². The molecule has 4 nitrogen and oxygen atoms in total. The summed E-state index contributed by atoms with van der Waals surface area (Å²) in [5.74, 6) is -0.665. The van der Waals surface area contributed by atoms with Gasteiger partial charge in [-0.1, -0.05) is 12.5 Å². The van der Waals surface area contributed by atoms with Gasteiger partial charge in [0.05, 0.1) is 5.92 Å². The van der Waals surface area contributed by atoms with Gasteiger partial charge in [-0.15, -0.1) is 0 Å². The number of rotatable bonds is 4. The number of aryl methyl sites for hydroxylation is 1. The standard InChI is InChI=1S/C19H29F3N4/c1-13-10-17(26(3)4)9-8-14(13)12-24-18(23-2)25-16-7-5-6-15(11-16)19(20,21)22/h8-10,15-16H,5-7,11-12H2,1-4H3,(H2,23,24,25). The number of nitrogens with zero attached hydrogens (tertiary/aromatic N) is 2. The number of alkyl halides is 3.